The molecule has 0 fully saturated rings. The summed E-state index contributed by atoms with van der Waals surface area (Å²) < 4.78 is 9.23. The minimum atomic E-state index is -0.723. The van der Waals surface area contributed by atoms with Crippen LogP contribution in [0.2, 0.25) is 0 Å². The van der Waals surface area contributed by atoms with E-state index in [9.17, 15) is 9.59 Å². The SMILES string of the molecule is COC(=O)N[C@]1(C)C=C(C)CC(C(=O)OC)=C1. The summed E-state index contributed by atoms with van der Waals surface area (Å²) in [5, 5.41) is 2.66. The van der Waals surface area contributed by atoms with Gasteiger partial charge in [-0.15, -0.1) is 0 Å². The van der Waals surface area contributed by atoms with Crippen LogP contribution < -0.4 is 5.32 Å². The monoisotopic (exact) mass is 239 g/mol. The zero-order valence-corrected chi connectivity index (χ0v) is 10.5. The molecule has 1 atom stereocenters. The topological polar surface area (TPSA) is 64.6 Å². The molecule has 1 rings (SSSR count). The van der Waals surface area contributed by atoms with Crippen molar-refractivity contribution in [3.05, 3.63) is 23.3 Å². The number of methoxy groups -OCH3 is 2. The summed E-state index contributed by atoms with van der Waals surface area (Å²) in [7, 11) is 2.63. The molecule has 1 N–H and O–H groups in total. The van der Waals surface area contributed by atoms with Gasteiger partial charge < -0.3 is 14.8 Å². The van der Waals surface area contributed by atoms with Crippen molar-refractivity contribution in [2.24, 2.45) is 0 Å². The first kappa shape index (κ1) is 13.3. The van der Waals surface area contributed by atoms with Gasteiger partial charge in [0.15, 0.2) is 0 Å². The van der Waals surface area contributed by atoms with Crippen LogP contribution in [0.3, 0.4) is 0 Å². The Morgan fingerprint density at radius 2 is 1.94 bits per heavy atom. The summed E-state index contributed by atoms with van der Waals surface area (Å²) >= 11 is 0. The molecule has 0 aromatic carbocycles. The van der Waals surface area contributed by atoms with Gasteiger partial charge in [0.1, 0.15) is 0 Å². The minimum absolute atomic E-state index is 0.379. The first-order chi connectivity index (χ1) is 7.90. The molecule has 0 radical (unpaired) electrons. The molecule has 0 aromatic rings. The Kier molecular flexibility index (Phi) is 3.93. The lowest BCUT2D eigenvalue weighted by Crippen LogP contribution is -2.44. The molecular weight excluding hydrogens is 222 g/mol. The molecule has 0 spiro atoms. The molecule has 0 bridgehead atoms. The second kappa shape index (κ2) is 5.03. The van der Waals surface area contributed by atoms with Gasteiger partial charge in [0, 0.05) is 12.0 Å². The van der Waals surface area contributed by atoms with Crippen molar-refractivity contribution in [2.45, 2.75) is 25.8 Å². The standard InChI is InChI=1S/C12H17NO4/c1-8-5-9(10(14)16-3)7-12(2,6-8)13-11(15)17-4/h6-7H,5H2,1-4H3,(H,13,15)/t12-/m1/s1. The lowest BCUT2D eigenvalue weighted by molar-refractivity contribution is -0.136. The molecule has 0 saturated heterocycles. The third-order valence-electron chi connectivity index (χ3n) is 2.49. The molecule has 94 valence electrons. The number of rotatable bonds is 2. The minimum Gasteiger partial charge on any atom is -0.466 e. The fourth-order valence-electron chi connectivity index (χ4n) is 1.92. The highest BCUT2D eigenvalue weighted by atomic mass is 16.5. The number of carbonyl (C=O) groups excluding carboxylic acids is 2. The molecular formula is C12H17NO4. The molecule has 5 nitrogen and oxygen atoms in total. The summed E-state index contributed by atoms with van der Waals surface area (Å²) in [6.45, 7) is 3.68. The van der Waals surface area contributed by atoms with Crippen molar-refractivity contribution in [1.82, 2.24) is 5.32 Å². The van der Waals surface area contributed by atoms with Gasteiger partial charge in [0.05, 0.1) is 19.8 Å². The van der Waals surface area contributed by atoms with E-state index in [1.54, 1.807) is 13.0 Å². The number of nitrogens with one attached hydrogen (secondary N) is 1. The summed E-state index contributed by atoms with van der Waals surface area (Å²) in [6, 6.07) is 0. The van der Waals surface area contributed by atoms with Gasteiger partial charge in [0.25, 0.3) is 0 Å². The molecule has 0 heterocycles. The number of hydrogen-bond donors (Lipinski definition) is 1. The first-order valence-electron chi connectivity index (χ1n) is 5.24. The largest absolute Gasteiger partial charge is 0.466 e. The third kappa shape index (κ3) is 3.34. The fraction of sp³-hybridized carbons (Fsp3) is 0.500. The predicted octanol–water partition coefficient (Wildman–Crippen LogP) is 1.55. The van der Waals surface area contributed by atoms with Crippen molar-refractivity contribution in [2.75, 3.05) is 14.2 Å². The van der Waals surface area contributed by atoms with Gasteiger partial charge in [-0.25, -0.2) is 9.59 Å². The Morgan fingerprint density at radius 1 is 1.29 bits per heavy atom. The summed E-state index contributed by atoms with van der Waals surface area (Å²) in [4.78, 5) is 22.7. The van der Waals surface area contributed by atoms with Crippen LogP contribution in [0.25, 0.3) is 0 Å². The van der Waals surface area contributed by atoms with Crippen LogP contribution in [0.4, 0.5) is 4.79 Å². The molecule has 1 aliphatic rings. The fourth-order valence-corrected chi connectivity index (χ4v) is 1.92. The van der Waals surface area contributed by atoms with E-state index in [0.717, 1.165) is 5.57 Å². The average Bonchev–Trinajstić information content (AvgIpc) is 2.25. The number of hydrogen-bond acceptors (Lipinski definition) is 4. The van der Waals surface area contributed by atoms with Gasteiger partial charge in [-0.3, -0.25) is 0 Å². The van der Waals surface area contributed by atoms with Crippen molar-refractivity contribution in [3.8, 4) is 0 Å². The van der Waals surface area contributed by atoms with E-state index in [4.69, 9.17) is 0 Å². The van der Waals surface area contributed by atoms with Crippen LogP contribution in [0.5, 0.6) is 0 Å². The van der Waals surface area contributed by atoms with Crippen molar-refractivity contribution in [1.29, 1.82) is 0 Å². The van der Waals surface area contributed by atoms with E-state index < -0.39 is 11.6 Å². The van der Waals surface area contributed by atoms with Crippen LogP contribution in [0, 0.1) is 0 Å². The highest BCUT2D eigenvalue weighted by molar-refractivity contribution is 5.90. The lowest BCUT2D eigenvalue weighted by Gasteiger charge is -2.28. The smallest absolute Gasteiger partial charge is 0.407 e. The lowest BCUT2D eigenvalue weighted by atomic mass is 9.87. The van der Waals surface area contributed by atoms with Crippen LogP contribution in [0.1, 0.15) is 20.3 Å². The molecule has 0 unspecified atom stereocenters. The number of amides is 1. The van der Waals surface area contributed by atoms with Gasteiger partial charge in [-0.05, 0) is 19.9 Å². The third-order valence-corrected chi connectivity index (χ3v) is 2.49. The average molecular weight is 239 g/mol. The zero-order valence-electron chi connectivity index (χ0n) is 10.5. The number of ether oxygens (including phenoxy) is 2. The molecule has 0 aromatic heterocycles. The number of carbonyl (C=O) groups is 2. The Labute approximate surface area is 100 Å². The van der Waals surface area contributed by atoms with Gasteiger partial charge >= 0.3 is 12.1 Å². The van der Waals surface area contributed by atoms with Crippen LogP contribution in [0.15, 0.2) is 23.3 Å². The van der Waals surface area contributed by atoms with Crippen molar-refractivity contribution < 1.29 is 19.1 Å². The Morgan fingerprint density at radius 3 is 2.47 bits per heavy atom. The zero-order chi connectivity index (χ0) is 13.1. The van der Waals surface area contributed by atoms with Crippen LogP contribution >= 0.6 is 0 Å². The predicted molar refractivity (Wildman–Crippen MR) is 62.4 cm³/mol. The van der Waals surface area contributed by atoms with E-state index in [2.05, 4.69) is 14.8 Å². The second-order valence-electron chi connectivity index (χ2n) is 4.23. The van der Waals surface area contributed by atoms with E-state index in [1.165, 1.54) is 14.2 Å². The molecule has 0 aliphatic heterocycles. The first-order valence-corrected chi connectivity index (χ1v) is 5.24. The van der Waals surface area contributed by atoms with E-state index in [0.29, 0.717) is 12.0 Å². The summed E-state index contributed by atoms with van der Waals surface area (Å²) in [5.74, 6) is -0.379. The Hall–Kier alpha value is -1.78. The van der Waals surface area contributed by atoms with Gasteiger partial charge in [-0.1, -0.05) is 11.6 Å². The summed E-state index contributed by atoms with van der Waals surface area (Å²) in [6.07, 6.45) is 3.56. The van der Waals surface area contributed by atoms with E-state index in [-0.39, 0.29) is 5.97 Å². The van der Waals surface area contributed by atoms with Crippen molar-refractivity contribution in [3.63, 3.8) is 0 Å². The number of allylic oxidation sites excluding steroid dienone is 1. The highest BCUT2D eigenvalue weighted by Crippen LogP contribution is 2.25. The molecule has 5 heteroatoms. The maximum atomic E-state index is 11.5. The van der Waals surface area contributed by atoms with Gasteiger partial charge in [0.2, 0.25) is 0 Å². The molecule has 1 amide bonds. The normalized spacial score (nSPS) is 23.3. The molecule has 1 aliphatic carbocycles. The summed E-state index contributed by atoms with van der Waals surface area (Å²) in [5.41, 5.74) is 0.803. The van der Waals surface area contributed by atoms with Crippen molar-refractivity contribution >= 4 is 12.1 Å². The maximum Gasteiger partial charge on any atom is 0.407 e. The van der Waals surface area contributed by atoms with Crippen LogP contribution in [-0.4, -0.2) is 31.8 Å². The highest BCUT2D eigenvalue weighted by Gasteiger charge is 2.28. The number of alkyl carbamates (subject to hydrolysis) is 1. The Bertz CT molecular complexity index is 397. The van der Waals surface area contributed by atoms with Gasteiger partial charge in [-0.2, -0.15) is 0 Å². The van der Waals surface area contributed by atoms with E-state index in [1.807, 2.05) is 13.0 Å². The molecule has 17 heavy (non-hydrogen) atoms. The maximum absolute atomic E-state index is 11.5. The Balaban J connectivity index is 2.96. The molecule has 0 saturated carbocycles. The second-order valence-corrected chi connectivity index (χ2v) is 4.23. The quantitative estimate of drug-likeness (QED) is 0.586. The number of esters is 1. The van der Waals surface area contributed by atoms with Crippen LogP contribution in [-0.2, 0) is 14.3 Å². The van der Waals surface area contributed by atoms with E-state index >= 15 is 0 Å².